The van der Waals surface area contributed by atoms with Crippen LogP contribution in [0.15, 0.2) is 58.4 Å². The lowest BCUT2D eigenvalue weighted by molar-refractivity contribution is -0.0589. The van der Waals surface area contributed by atoms with Crippen LogP contribution in [0.25, 0.3) is 22.3 Å². The molecule has 0 radical (unpaired) electrons. The van der Waals surface area contributed by atoms with E-state index in [0.29, 0.717) is 44.2 Å². The predicted molar refractivity (Wildman–Crippen MR) is 154 cm³/mol. The van der Waals surface area contributed by atoms with Crippen molar-refractivity contribution in [1.82, 2.24) is 14.5 Å². The fraction of sp³-hybridized carbons (Fsp3) is 0.233. The first-order chi connectivity index (χ1) is 20.3. The van der Waals surface area contributed by atoms with E-state index in [4.69, 9.17) is 14.2 Å². The molecule has 3 aromatic heterocycles. The average molecular weight is 658 g/mol. The topological polar surface area (TPSA) is 75.5 Å². The van der Waals surface area contributed by atoms with Crippen molar-refractivity contribution in [2.24, 2.45) is 0 Å². The van der Waals surface area contributed by atoms with Gasteiger partial charge in [0, 0.05) is 24.7 Å². The van der Waals surface area contributed by atoms with Crippen LogP contribution in [-0.4, -0.2) is 40.3 Å². The SMILES string of the molecule is COC(=O)c1ccc2nc(Cc3cc(F)c(-c4cccc(OCc5sc(Br)cc5F)n4)cc3F)n(C[C@@H]3CCO3)c2c1. The van der Waals surface area contributed by atoms with Crippen LogP contribution in [0, 0.1) is 17.5 Å². The van der Waals surface area contributed by atoms with Crippen molar-refractivity contribution < 1.29 is 32.2 Å². The fourth-order valence-corrected chi connectivity index (χ4v) is 6.20. The summed E-state index contributed by atoms with van der Waals surface area (Å²) in [4.78, 5) is 21.5. The highest BCUT2D eigenvalue weighted by Crippen LogP contribution is 2.30. The molecular weight excluding hydrogens is 635 g/mol. The van der Waals surface area contributed by atoms with E-state index in [1.807, 2.05) is 4.57 Å². The van der Waals surface area contributed by atoms with Crippen LogP contribution in [-0.2, 0) is 29.0 Å². The van der Waals surface area contributed by atoms with Crippen LogP contribution in [0.3, 0.4) is 0 Å². The number of hydrogen-bond donors (Lipinski definition) is 0. The van der Waals surface area contributed by atoms with Crippen molar-refractivity contribution in [3.63, 3.8) is 0 Å². The number of pyridine rings is 1. The number of methoxy groups -OCH3 is 1. The third-order valence-corrected chi connectivity index (χ3v) is 8.58. The van der Waals surface area contributed by atoms with Gasteiger partial charge in [-0.2, -0.15) is 0 Å². The summed E-state index contributed by atoms with van der Waals surface area (Å²) >= 11 is 4.43. The minimum Gasteiger partial charge on any atom is -0.472 e. The standard InChI is InChI=1S/C30H23BrF3N3O4S/c1-39-30(38)16-5-6-24-25(10-16)37(14-18-7-8-40-18)28(35-24)11-17-9-21(33)19(12-20(17)32)23-3-2-4-29(36-23)41-15-26-22(34)13-27(31)42-26/h2-6,9-10,12-13,18H,7-8,11,14-15H2,1H3/t18-/m0/s1. The second-order valence-corrected chi connectivity index (χ2v) is 12.2. The van der Waals surface area contributed by atoms with Gasteiger partial charge in [0.2, 0.25) is 5.88 Å². The summed E-state index contributed by atoms with van der Waals surface area (Å²) in [5, 5.41) is 0. The van der Waals surface area contributed by atoms with E-state index in [1.54, 1.807) is 36.4 Å². The molecule has 0 unspecified atom stereocenters. The second-order valence-electron chi connectivity index (χ2n) is 9.69. The lowest BCUT2D eigenvalue weighted by Crippen LogP contribution is -2.31. The van der Waals surface area contributed by atoms with E-state index >= 15 is 8.78 Å². The summed E-state index contributed by atoms with van der Waals surface area (Å²) in [5.74, 6) is -1.51. The highest BCUT2D eigenvalue weighted by atomic mass is 79.9. The third kappa shape index (κ3) is 5.79. The Kier molecular flexibility index (Phi) is 8.02. The van der Waals surface area contributed by atoms with Crippen molar-refractivity contribution >= 4 is 44.3 Å². The Labute approximate surface area is 251 Å². The number of carbonyl (C=O) groups excluding carboxylic acids is 1. The number of hydrogen-bond acceptors (Lipinski definition) is 7. The van der Waals surface area contributed by atoms with Gasteiger partial charge in [-0.3, -0.25) is 0 Å². The van der Waals surface area contributed by atoms with Gasteiger partial charge in [-0.05, 0) is 70.4 Å². The Morgan fingerprint density at radius 3 is 2.64 bits per heavy atom. The molecule has 0 saturated carbocycles. The van der Waals surface area contributed by atoms with E-state index < -0.39 is 23.4 Å². The van der Waals surface area contributed by atoms with E-state index in [1.165, 1.54) is 24.5 Å². The first-order valence-electron chi connectivity index (χ1n) is 13.0. The van der Waals surface area contributed by atoms with Gasteiger partial charge in [0.1, 0.15) is 29.9 Å². The van der Waals surface area contributed by atoms with Crippen molar-refractivity contribution in [3.8, 4) is 17.1 Å². The third-order valence-electron chi connectivity index (χ3n) is 6.99. The van der Waals surface area contributed by atoms with Gasteiger partial charge in [-0.25, -0.2) is 27.9 Å². The number of aromatic nitrogens is 3. The Morgan fingerprint density at radius 1 is 1.10 bits per heavy atom. The molecule has 12 heteroatoms. The van der Waals surface area contributed by atoms with Crippen LogP contribution < -0.4 is 4.74 Å². The summed E-state index contributed by atoms with van der Waals surface area (Å²) in [7, 11) is 1.31. The highest BCUT2D eigenvalue weighted by Gasteiger charge is 2.24. The summed E-state index contributed by atoms with van der Waals surface area (Å²) in [6.45, 7) is 1.06. The molecule has 0 spiro atoms. The largest absolute Gasteiger partial charge is 0.472 e. The molecule has 7 nitrogen and oxygen atoms in total. The first-order valence-corrected chi connectivity index (χ1v) is 14.6. The molecule has 1 aliphatic rings. The Balaban J connectivity index is 1.28. The predicted octanol–water partition coefficient (Wildman–Crippen LogP) is 7.08. The van der Waals surface area contributed by atoms with Crippen LogP contribution in [0.2, 0.25) is 0 Å². The van der Waals surface area contributed by atoms with E-state index in [0.717, 1.165) is 18.6 Å². The molecule has 1 saturated heterocycles. The molecule has 1 fully saturated rings. The molecule has 2 aromatic carbocycles. The lowest BCUT2D eigenvalue weighted by atomic mass is 10.0. The molecule has 0 bridgehead atoms. The normalized spacial score (nSPS) is 14.6. The summed E-state index contributed by atoms with van der Waals surface area (Å²) < 4.78 is 63.4. The zero-order chi connectivity index (χ0) is 29.4. The molecule has 0 amide bonds. The van der Waals surface area contributed by atoms with Gasteiger partial charge in [0.25, 0.3) is 0 Å². The number of halogens is 4. The van der Waals surface area contributed by atoms with Gasteiger partial charge in [-0.15, -0.1) is 11.3 Å². The number of nitrogens with zero attached hydrogens (tertiary/aromatic N) is 3. The summed E-state index contributed by atoms with van der Waals surface area (Å²) in [5.41, 5.74) is 1.91. The zero-order valence-electron chi connectivity index (χ0n) is 22.2. The Bertz CT molecular complexity index is 1800. The number of esters is 1. The molecule has 6 rings (SSSR count). The van der Waals surface area contributed by atoms with E-state index in [2.05, 4.69) is 25.9 Å². The van der Waals surface area contributed by atoms with Crippen molar-refractivity contribution in [2.75, 3.05) is 13.7 Å². The molecule has 1 atom stereocenters. The minimum atomic E-state index is -0.665. The monoisotopic (exact) mass is 657 g/mol. The quantitative estimate of drug-likeness (QED) is 0.158. The molecule has 42 heavy (non-hydrogen) atoms. The molecule has 1 aliphatic heterocycles. The van der Waals surface area contributed by atoms with E-state index in [9.17, 15) is 9.18 Å². The van der Waals surface area contributed by atoms with Gasteiger partial charge < -0.3 is 18.8 Å². The van der Waals surface area contributed by atoms with Crippen molar-refractivity contribution in [2.45, 2.75) is 32.1 Å². The second kappa shape index (κ2) is 11.9. The number of fused-ring (bicyclic) bond motifs is 1. The van der Waals surface area contributed by atoms with Gasteiger partial charge in [0.05, 0.1) is 50.7 Å². The van der Waals surface area contributed by atoms with Gasteiger partial charge in [0.15, 0.2) is 0 Å². The zero-order valence-corrected chi connectivity index (χ0v) is 24.6. The van der Waals surface area contributed by atoms with Gasteiger partial charge in [-0.1, -0.05) is 6.07 Å². The lowest BCUT2D eigenvalue weighted by Gasteiger charge is -2.27. The maximum Gasteiger partial charge on any atom is 0.337 e. The first kappa shape index (κ1) is 28.4. The Hall–Kier alpha value is -3.74. The van der Waals surface area contributed by atoms with Crippen LogP contribution in [0.4, 0.5) is 13.2 Å². The van der Waals surface area contributed by atoms with Crippen LogP contribution in [0.5, 0.6) is 5.88 Å². The maximum absolute atomic E-state index is 15.5. The smallest absolute Gasteiger partial charge is 0.337 e. The number of benzene rings is 2. The number of ether oxygens (including phenoxy) is 3. The Morgan fingerprint density at radius 2 is 1.93 bits per heavy atom. The fourth-order valence-electron chi connectivity index (χ4n) is 4.74. The van der Waals surface area contributed by atoms with Crippen molar-refractivity contribution in [1.29, 1.82) is 0 Å². The molecule has 0 N–H and O–H groups in total. The maximum atomic E-state index is 15.5. The molecule has 4 heterocycles. The van der Waals surface area contributed by atoms with E-state index in [-0.39, 0.29) is 41.8 Å². The summed E-state index contributed by atoms with van der Waals surface area (Å²) in [6.07, 6.45) is 0.838. The van der Waals surface area contributed by atoms with Crippen LogP contribution in [0.1, 0.15) is 33.0 Å². The van der Waals surface area contributed by atoms with Crippen molar-refractivity contribution in [3.05, 3.63) is 97.7 Å². The number of imidazole rings is 1. The molecule has 5 aromatic rings. The highest BCUT2D eigenvalue weighted by molar-refractivity contribution is 9.11. The molecular formula is C30H23BrF3N3O4S. The van der Waals surface area contributed by atoms with Crippen LogP contribution >= 0.6 is 27.3 Å². The molecule has 0 aliphatic carbocycles. The average Bonchev–Trinajstić information content (AvgIpc) is 3.47. The van der Waals surface area contributed by atoms with Gasteiger partial charge >= 0.3 is 5.97 Å². The number of rotatable bonds is 9. The number of thiophene rings is 1. The molecule has 216 valence electrons. The minimum absolute atomic E-state index is 0.0104. The number of carbonyl (C=O) groups is 1. The summed E-state index contributed by atoms with van der Waals surface area (Å²) in [6, 6.07) is 13.3.